The molecule has 0 aromatic heterocycles. The molecule has 0 saturated carbocycles. The maximum Gasteiger partial charge on any atom is 0.274 e. The summed E-state index contributed by atoms with van der Waals surface area (Å²) in [7, 11) is 0. The molecule has 0 radical (unpaired) electrons. The summed E-state index contributed by atoms with van der Waals surface area (Å²) >= 11 is 0. The second kappa shape index (κ2) is 6.28. The summed E-state index contributed by atoms with van der Waals surface area (Å²) in [4.78, 5) is 11.4. The molecule has 0 atom stereocenters. The maximum atomic E-state index is 11.4. The number of hydrogen-bond donors (Lipinski definition) is 2. The molecular weight excluding hydrogens is 278 g/mol. The monoisotopic (exact) mass is 293 g/mol. The van der Waals surface area contributed by atoms with Crippen LogP contribution in [0.5, 0.6) is 5.75 Å². The zero-order chi connectivity index (χ0) is 15.4. The van der Waals surface area contributed by atoms with Gasteiger partial charge in [-0.15, -0.1) is 0 Å². The number of nitrogens with one attached hydrogen (secondary N) is 1. The molecule has 3 rings (SSSR count). The summed E-state index contributed by atoms with van der Waals surface area (Å²) in [6, 6.07) is 20.9. The SMILES string of the molecule is O=C(NO)c1ccc2cc(OCc3ccccc3)ccc2c1. The van der Waals surface area contributed by atoms with Gasteiger partial charge >= 0.3 is 0 Å². The zero-order valence-electron chi connectivity index (χ0n) is 11.8. The number of amides is 1. The largest absolute Gasteiger partial charge is 0.489 e. The maximum absolute atomic E-state index is 11.4. The van der Waals surface area contributed by atoms with E-state index >= 15 is 0 Å². The van der Waals surface area contributed by atoms with Crippen molar-refractivity contribution in [2.45, 2.75) is 6.61 Å². The summed E-state index contributed by atoms with van der Waals surface area (Å²) in [5.74, 6) is 0.252. The average molecular weight is 293 g/mol. The lowest BCUT2D eigenvalue weighted by Crippen LogP contribution is -2.18. The number of carbonyl (C=O) groups excluding carboxylic acids is 1. The Morgan fingerprint density at radius 2 is 1.68 bits per heavy atom. The van der Waals surface area contributed by atoms with Crippen molar-refractivity contribution in [2.75, 3.05) is 0 Å². The molecule has 4 nitrogen and oxygen atoms in total. The van der Waals surface area contributed by atoms with Gasteiger partial charge in [-0.1, -0.05) is 42.5 Å². The van der Waals surface area contributed by atoms with Crippen molar-refractivity contribution in [1.29, 1.82) is 0 Å². The smallest absolute Gasteiger partial charge is 0.274 e. The van der Waals surface area contributed by atoms with Crippen LogP contribution >= 0.6 is 0 Å². The third kappa shape index (κ3) is 3.07. The summed E-state index contributed by atoms with van der Waals surface area (Å²) in [6.45, 7) is 0.511. The van der Waals surface area contributed by atoms with Crippen LogP contribution in [0.25, 0.3) is 10.8 Å². The predicted molar refractivity (Wildman–Crippen MR) is 84.0 cm³/mol. The van der Waals surface area contributed by atoms with Crippen LogP contribution in [0.3, 0.4) is 0 Å². The van der Waals surface area contributed by atoms with Crippen molar-refractivity contribution in [3.8, 4) is 5.75 Å². The Balaban J connectivity index is 1.80. The van der Waals surface area contributed by atoms with Crippen molar-refractivity contribution < 1.29 is 14.7 Å². The van der Waals surface area contributed by atoms with Crippen molar-refractivity contribution in [1.82, 2.24) is 5.48 Å². The fourth-order valence-electron chi connectivity index (χ4n) is 2.26. The average Bonchev–Trinajstić information content (AvgIpc) is 2.59. The minimum absolute atomic E-state index is 0.410. The normalized spacial score (nSPS) is 10.4. The Morgan fingerprint density at radius 3 is 2.45 bits per heavy atom. The zero-order valence-corrected chi connectivity index (χ0v) is 11.8. The lowest BCUT2D eigenvalue weighted by molar-refractivity contribution is 0.0706. The quantitative estimate of drug-likeness (QED) is 0.571. The Morgan fingerprint density at radius 1 is 0.955 bits per heavy atom. The highest BCUT2D eigenvalue weighted by molar-refractivity contribution is 5.98. The second-order valence-corrected chi connectivity index (χ2v) is 4.94. The highest BCUT2D eigenvalue weighted by atomic mass is 16.5. The molecule has 0 bridgehead atoms. The first-order valence-electron chi connectivity index (χ1n) is 6.91. The van der Waals surface area contributed by atoms with Crippen LogP contribution in [-0.4, -0.2) is 11.1 Å². The van der Waals surface area contributed by atoms with Crippen LogP contribution < -0.4 is 10.2 Å². The van der Waals surface area contributed by atoms with Gasteiger partial charge in [-0.2, -0.15) is 0 Å². The Hall–Kier alpha value is -2.85. The van der Waals surface area contributed by atoms with E-state index in [0.717, 1.165) is 22.1 Å². The Bertz CT molecular complexity index is 800. The lowest BCUT2D eigenvalue weighted by Gasteiger charge is -2.08. The van der Waals surface area contributed by atoms with Crippen LogP contribution in [0.4, 0.5) is 0 Å². The molecule has 0 aliphatic rings. The summed E-state index contributed by atoms with van der Waals surface area (Å²) in [5, 5.41) is 10.5. The van der Waals surface area contributed by atoms with Crippen molar-refractivity contribution in [2.24, 2.45) is 0 Å². The number of ether oxygens (including phenoxy) is 1. The minimum Gasteiger partial charge on any atom is -0.489 e. The van der Waals surface area contributed by atoms with E-state index in [1.54, 1.807) is 17.6 Å². The molecule has 0 saturated heterocycles. The number of benzene rings is 3. The van der Waals surface area contributed by atoms with E-state index in [4.69, 9.17) is 9.94 Å². The number of hydrogen-bond acceptors (Lipinski definition) is 3. The number of carbonyl (C=O) groups is 1. The highest BCUT2D eigenvalue weighted by Gasteiger charge is 2.05. The number of rotatable bonds is 4. The van der Waals surface area contributed by atoms with E-state index in [9.17, 15) is 4.79 Å². The summed E-state index contributed by atoms with van der Waals surface area (Å²) in [6.07, 6.45) is 0. The molecule has 1 amide bonds. The Labute approximate surface area is 127 Å². The van der Waals surface area contributed by atoms with Gasteiger partial charge in [0.05, 0.1) is 0 Å². The molecule has 22 heavy (non-hydrogen) atoms. The first kappa shape index (κ1) is 14.1. The van der Waals surface area contributed by atoms with Gasteiger partial charge < -0.3 is 4.74 Å². The van der Waals surface area contributed by atoms with Gasteiger partial charge in [0.25, 0.3) is 5.91 Å². The molecule has 2 N–H and O–H groups in total. The molecule has 0 heterocycles. The van der Waals surface area contributed by atoms with Crippen LogP contribution in [0.15, 0.2) is 66.7 Å². The topological polar surface area (TPSA) is 58.6 Å². The minimum atomic E-state index is -0.522. The Kier molecular flexibility index (Phi) is 4.03. The van der Waals surface area contributed by atoms with Crippen molar-refractivity contribution >= 4 is 16.7 Å². The lowest BCUT2D eigenvalue weighted by atomic mass is 10.1. The first-order valence-corrected chi connectivity index (χ1v) is 6.91. The third-order valence-electron chi connectivity index (χ3n) is 3.42. The van der Waals surface area contributed by atoms with E-state index in [1.807, 2.05) is 54.6 Å². The molecular formula is C18H15NO3. The fraction of sp³-hybridized carbons (Fsp3) is 0.0556. The van der Waals surface area contributed by atoms with Crippen molar-refractivity contribution in [3.63, 3.8) is 0 Å². The van der Waals surface area contributed by atoms with E-state index in [2.05, 4.69) is 0 Å². The van der Waals surface area contributed by atoms with E-state index in [0.29, 0.717) is 12.2 Å². The molecule has 0 fully saturated rings. The predicted octanol–water partition coefficient (Wildman–Crippen LogP) is 3.54. The van der Waals surface area contributed by atoms with E-state index < -0.39 is 5.91 Å². The molecule has 0 aliphatic carbocycles. The summed E-state index contributed by atoms with van der Waals surface area (Å²) in [5.41, 5.74) is 3.15. The standard InChI is InChI=1S/C18H15NO3/c20-18(19-21)16-7-6-15-11-17(9-8-14(15)10-16)22-12-13-4-2-1-3-5-13/h1-11,21H,12H2,(H,19,20). The second-order valence-electron chi connectivity index (χ2n) is 4.94. The highest BCUT2D eigenvalue weighted by Crippen LogP contribution is 2.23. The first-order chi connectivity index (χ1) is 10.8. The van der Waals surface area contributed by atoms with Gasteiger partial charge in [-0.3, -0.25) is 10.0 Å². The molecule has 4 heteroatoms. The number of hydroxylamine groups is 1. The molecule has 3 aromatic rings. The van der Waals surface area contributed by atoms with Crippen LogP contribution in [0.1, 0.15) is 15.9 Å². The van der Waals surface area contributed by atoms with Gasteiger partial charge in [0, 0.05) is 5.56 Å². The molecule has 0 spiro atoms. The van der Waals surface area contributed by atoms with Gasteiger partial charge in [-0.25, -0.2) is 5.48 Å². The van der Waals surface area contributed by atoms with Gasteiger partial charge in [0.1, 0.15) is 12.4 Å². The summed E-state index contributed by atoms with van der Waals surface area (Å²) < 4.78 is 5.78. The van der Waals surface area contributed by atoms with Crippen LogP contribution in [0.2, 0.25) is 0 Å². The molecule has 3 aromatic carbocycles. The van der Waals surface area contributed by atoms with Crippen molar-refractivity contribution in [3.05, 3.63) is 77.9 Å². The third-order valence-corrected chi connectivity index (χ3v) is 3.42. The van der Waals surface area contributed by atoms with Gasteiger partial charge in [0.15, 0.2) is 0 Å². The number of fused-ring (bicyclic) bond motifs is 1. The van der Waals surface area contributed by atoms with Crippen LogP contribution in [-0.2, 0) is 6.61 Å². The molecule has 110 valence electrons. The molecule has 0 unspecified atom stereocenters. The van der Waals surface area contributed by atoms with E-state index in [-0.39, 0.29) is 0 Å². The van der Waals surface area contributed by atoms with E-state index in [1.165, 1.54) is 0 Å². The van der Waals surface area contributed by atoms with Gasteiger partial charge in [0.2, 0.25) is 0 Å². The molecule has 0 aliphatic heterocycles. The van der Waals surface area contributed by atoms with Gasteiger partial charge in [-0.05, 0) is 40.6 Å². The fourth-order valence-corrected chi connectivity index (χ4v) is 2.26. The van der Waals surface area contributed by atoms with Crippen LogP contribution in [0, 0.1) is 0 Å².